The van der Waals surface area contributed by atoms with Crippen LogP contribution in [0, 0.1) is 0 Å². The van der Waals surface area contributed by atoms with Gasteiger partial charge in [0.2, 0.25) is 0 Å². The number of aliphatic hydroxyl groups excluding tert-OH is 2. The van der Waals surface area contributed by atoms with Gasteiger partial charge >= 0.3 is 0 Å². The number of aliphatic hydroxyl groups is 2. The Bertz CT molecular complexity index is 97.9. The summed E-state index contributed by atoms with van der Waals surface area (Å²) < 4.78 is 0. The van der Waals surface area contributed by atoms with Crippen molar-refractivity contribution < 1.29 is 10.2 Å². The van der Waals surface area contributed by atoms with E-state index in [4.69, 9.17) is 16.1 Å². The molecule has 0 radical (unpaired) electrons. The Morgan fingerprint density at radius 3 is 1.90 bits per heavy atom. The van der Waals surface area contributed by atoms with Gasteiger partial charge in [-0.1, -0.05) is 0 Å². The highest BCUT2D eigenvalue weighted by Gasteiger charge is 2.18. The maximum absolute atomic E-state index is 9.14. The normalized spacial score (nSPS) is 37.5. The summed E-state index contributed by atoms with van der Waals surface area (Å²) in [6.07, 6.45) is 0.549. The second-order valence-corrected chi connectivity index (χ2v) is 2.84. The summed E-state index contributed by atoms with van der Waals surface area (Å²) in [6, 6.07) is 0. The van der Waals surface area contributed by atoms with Crippen LogP contribution in [0.1, 0.15) is 12.8 Å². The second kappa shape index (κ2) is 3.30. The first-order valence-corrected chi connectivity index (χ1v) is 3.54. The van der Waals surface area contributed by atoms with Crippen molar-refractivity contribution in [2.24, 2.45) is 5.84 Å². The minimum atomic E-state index is -0.373. The first-order chi connectivity index (χ1) is 4.68. The fraction of sp³-hybridized carbons (Fsp3) is 1.00. The Morgan fingerprint density at radius 2 is 1.50 bits per heavy atom. The van der Waals surface area contributed by atoms with Crippen LogP contribution < -0.4 is 5.84 Å². The number of hydrogen-bond donors (Lipinski definition) is 3. The maximum Gasteiger partial charge on any atom is 0.0682 e. The molecule has 0 bridgehead atoms. The van der Waals surface area contributed by atoms with E-state index in [0.717, 1.165) is 0 Å². The lowest BCUT2D eigenvalue weighted by Crippen LogP contribution is -2.39. The molecule has 1 heterocycles. The van der Waals surface area contributed by atoms with Gasteiger partial charge in [-0.3, -0.25) is 5.84 Å². The topological polar surface area (TPSA) is 69.7 Å². The third-order valence-corrected chi connectivity index (χ3v) is 1.72. The molecule has 0 aromatic rings. The quantitative estimate of drug-likeness (QED) is 0.371. The molecule has 1 aliphatic heterocycles. The summed E-state index contributed by atoms with van der Waals surface area (Å²) in [5, 5.41) is 19.7. The average molecular weight is 146 g/mol. The van der Waals surface area contributed by atoms with Crippen molar-refractivity contribution in [1.82, 2.24) is 5.01 Å². The van der Waals surface area contributed by atoms with Gasteiger partial charge in [0.15, 0.2) is 0 Å². The Morgan fingerprint density at radius 1 is 1.10 bits per heavy atom. The van der Waals surface area contributed by atoms with E-state index < -0.39 is 0 Å². The third kappa shape index (κ3) is 2.22. The minimum Gasteiger partial charge on any atom is -0.392 e. The lowest BCUT2D eigenvalue weighted by atomic mass is 10.1. The van der Waals surface area contributed by atoms with E-state index in [-0.39, 0.29) is 12.2 Å². The second-order valence-electron chi connectivity index (χ2n) is 2.84. The molecule has 0 saturated carbocycles. The molecule has 1 saturated heterocycles. The van der Waals surface area contributed by atoms with Crippen LogP contribution >= 0.6 is 0 Å². The van der Waals surface area contributed by atoms with Gasteiger partial charge < -0.3 is 10.2 Å². The number of nitrogens with zero attached hydrogens (tertiary/aromatic N) is 1. The highest BCUT2D eigenvalue weighted by Crippen LogP contribution is 2.07. The molecular formula is C6H14N2O2. The standard InChI is InChI=1S/C6H14N2O2/c7-8-3-5(9)1-2-6(10)4-8/h5-6,9-10H,1-4,7H2. The molecule has 2 atom stereocenters. The van der Waals surface area contributed by atoms with Crippen LogP contribution in [0.2, 0.25) is 0 Å². The van der Waals surface area contributed by atoms with E-state index >= 15 is 0 Å². The van der Waals surface area contributed by atoms with Crippen LogP contribution in [0.4, 0.5) is 0 Å². The molecule has 60 valence electrons. The van der Waals surface area contributed by atoms with E-state index in [1.54, 1.807) is 0 Å². The highest BCUT2D eigenvalue weighted by molar-refractivity contribution is 4.71. The fourth-order valence-corrected chi connectivity index (χ4v) is 1.18. The average Bonchev–Trinajstić information content (AvgIpc) is 1.93. The van der Waals surface area contributed by atoms with Crippen LogP contribution in [-0.4, -0.2) is 40.5 Å². The number of nitrogens with two attached hydrogens (primary N) is 1. The lowest BCUT2D eigenvalue weighted by molar-refractivity contribution is 0.108. The molecule has 0 aromatic carbocycles. The van der Waals surface area contributed by atoms with E-state index in [2.05, 4.69) is 0 Å². The Kier molecular flexibility index (Phi) is 2.62. The Labute approximate surface area is 60.2 Å². The van der Waals surface area contributed by atoms with E-state index in [0.29, 0.717) is 25.9 Å². The Balaban J connectivity index is 2.38. The van der Waals surface area contributed by atoms with Crippen molar-refractivity contribution in [2.75, 3.05) is 13.1 Å². The summed E-state index contributed by atoms with van der Waals surface area (Å²) in [5.74, 6) is 5.43. The largest absolute Gasteiger partial charge is 0.392 e. The van der Waals surface area contributed by atoms with Gasteiger partial charge in [0, 0.05) is 13.1 Å². The van der Waals surface area contributed by atoms with Crippen LogP contribution in [0.3, 0.4) is 0 Å². The van der Waals surface area contributed by atoms with Crippen molar-refractivity contribution in [1.29, 1.82) is 0 Å². The van der Waals surface area contributed by atoms with Crippen LogP contribution in [0.5, 0.6) is 0 Å². The zero-order valence-electron chi connectivity index (χ0n) is 5.90. The summed E-state index contributed by atoms with van der Waals surface area (Å²) in [4.78, 5) is 0. The van der Waals surface area contributed by atoms with Gasteiger partial charge in [-0.25, -0.2) is 5.01 Å². The molecule has 10 heavy (non-hydrogen) atoms. The highest BCUT2D eigenvalue weighted by atomic mass is 16.3. The van der Waals surface area contributed by atoms with Gasteiger partial charge in [-0.2, -0.15) is 0 Å². The summed E-state index contributed by atoms with van der Waals surface area (Å²) in [6.45, 7) is 0.939. The first kappa shape index (κ1) is 7.94. The van der Waals surface area contributed by atoms with Crippen molar-refractivity contribution in [3.8, 4) is 0 Å². The number of hydrogen-bond acceptors (Lipinski definition) is 4. The summed E-state index contributed by atoms with van der Waals surface area (Å²) in [7, 11) is 0. The molecule has 1 aliphatic rings. The number of β-amino-alcohol motifs (C(OH)–C–C–N with tert-alkyl or cyclic N) is 2. The molecule has 1 rings (SSSR count). The molecule has 0 aliphatic carbocycles. The predicted octanol–water partition coefficient (Wildman–Crippen LogP) is -1.32. The molecule has 0 aromatic heterocycles. The molecule has 4 heteroatoms. The van der Waals surface area contributed by atoms with E-state index in [9.17, 15) is 0 Å². The van der Waals surface area contributed by atoms with Gasteiger partial charge in [0.25, 0.3) is 0 Å². The van der Waals surface area contributed by atoms with Crippen molar-refractivity contribution >= 4 is 0 Å². The van der Waals surface area contributed by atoms with Gasteiger partial charge in [0.05, 0.1) is 12.2 Å². The zero-order valence-corrected chi connectivity index (χ0v) is 5.90. The Hall–Kier alpha value is -0.160. The summed E-state index contributed by atoms with van der Waals surface area (Å²) in [5.41, 5.74) is 0. The molecule has 0 spiro atoms. The SMILES string of the molecule is NN1CC(O)CCC(O)C1. The molecular weight excluding hydrogens is 132 g/mol. The summed E-state index contributed by atoms with van der Waals surface area (Å²) >= 11 is 0. The van der Waals surface area contributed by atoms with Crippen molar-refractivity contribution in [2.45, 2.75) is 25.0 Å². The molecule has 1 fully saturated rings. The third-order valence-electron chi connectivity index (χ3n) is 1.72. The van der Waals surface area contributed by atoms with Crippen LogP contribution in [0.25, 0.3) is 0 Å². The zero-order chi connectivity index (χ0) is 7.56. The monoisotopic (exact) mass is 146 g/mol. The number of rotatable bonds is 0. The molecule has 4 N–H and O–H groups in total. The predicted molar refractivity (Wildman–Crippen MR) is 37.0 cm³/mol. The molecule has 0 amide bonds. The first-order valence-electron chi connectivity index (χ1n) is 3.54. The van der Waals surface area contributed by atoms with Crippen molar-refractivity contribution in [3.63, 3.8) is 0 Å². The minimum absolute atomic E-state index is 0.373. The van der Waals surface area contributed by atoms with Crippen molar-refractivity contribution in [3.05, 3.63) is 0 Å². The fourth-order valence-electron chi connectivity index (χ4n) is 1.18. The molecule has 4 nitrogen and oxygen atoms in total. The maximum atomic E-state index is 9.14. The smallest absolute Gasteiger partial charge is 0.0682 e. The lowest BCUT2D eigenvalue weighted by Gasteiger charge is -2.15. The van der Waals surface area contributed by atoms with Crippen LogP contribution in [0.15, 0.2) is 0 Å². The van der Waals surface area contributed by atoms with Gasteiger partial charge in [-0.15, -0.1) is 0 Å². The van der Waals surface area contributed by atoms with Crippen LogP contribution in [-0.2, 0) is 0 Å². The van der Waals surface area contributed by atoms with E-state index in [1.165, 1.54) is 5.01 Å². The van der Waals surface area contributed by atoms with E-state index in [1.807, 2.05) is 0 Å². The number of hydrazine groups is 1. The van der Waals surface area contributed by atoms with Gasteiger partial charge in [0.1, 0.15) is 0 Å². The van der Waals surface area contributed by atoms with Gasteiger partial charge in [-0.05, 0) is 12.8 Å². The molecule has 2 unspecified atom stereocenters.